The molecule has 4 nitrogen and oxygen atoms in total. The highest BCUT2D eigenvalue weighted by molar-refractivity contribution is 5.96. The molecule has 27 heavy (non-hydrogen) atoms. The van der Waals surface area contributed by atoms with Crippen LogP contribution in [-0.2, 0) is 4.79 Å². The number of hydrogen-bond acceptors (Lipinski definition) is 3. The standard InChI is InChI=1S/C23H27NO3/c1-16-7-10-19(11-8-16)24-15-18(14-23(24)25)17-9-12-21(26-2)22(13-17)27-20-5-3-4-6-20/h7-13,18,20H,3-6,14-15H2,1-2H3/t18-/m1/s1. The Bertz CT molecular complexity index is 809. The van der Waals surface area contributed by atoms with Gasteiger partial charge >= 0.3 is 0 Å². The van der Waals surface area contributed by atoms with Crippen molar-refractivity contribution in [2.75, 3.05) is 18.6 Å². The number of carbonyl (C=O) groups is 1. The number of rotatable bonds is 5. The van der Waals surface area contributed by atoms with Crippen LogP contribution in [-0.4, -0.2) is 25.7 Å². The average Bonchev–Trinajstić information content (AvgIpc) is 3.32. The fourth-order valence-electron chi connectivity index (χ4n) is 4.13. The van der Waals surface area contributed by atoms with Crippen LogP contribution >= 0.6 is 0 Å². The smallest absolute Gasteiger partial charge is 0.227 e. The topological polar surface area (TPSA) is 38.8 Å². The predicted molar refractivity (Wildman–Crippen MR) is 107 cm³/mol. The monoisotopic (exact) mass is 365 g/mol. The summed E-state index contributed by atoms with van der Waals surface area (Å²) < 4.78 is 11.7. The molecule has 2 aromatic carbocycles. The molecule has 1 aliphatic heterocycles. The second-order valence-electron chi connectivity index (χ2n) is 7.68. The number of carbonyl (C=O) groups excluding carboxylic acids is 1. The maximum absolute atomic E-state index is 12.6. The van der Waals surface area contributed by atoms with Crippen LogP contribution in [0.3, 0.4) is 0 Å². The largest absolute Gasteiger partial charge is 0.493 e. The van der Waals surface area contributed by atoms with E-state index in [1.165, 1.54) is 18.4 Å². The summed E-state index contributed by atoms with van der Waals surface area (Å²) in [5, 5.41) is 0. The molecule has 4 rings (SSSR count). The summed E-state index contributed by atoms with van der Waals surface area (Å²) in [6.07, 6.45) is 5.49. The predicted octanol–water partition coefficient (Wildman–Crippen LogP) is 4.85. The van der Waals surface area contributed by atoms with Gasteiger partial charge in [-0.25, -0.2) is 0 Å². The van der Waals surface area contributed by atoms with Crippen molar-refractivity contribution in [2.24, 2.45) is 0 Å². The van der Waals surface area contributed by atoms with E-state index in [0.29, 0.717) is 13.0 Å². The Morgan fingerprint density at radius 3 is 2.44 bits per heavy atom. The number of amides is 1. The Kier molecular flexibility index (Phi) is 5.06. The van der Waals surface area contributed by atoms with E-state index in [0.717, 1.165) is 35.6 Å². The lowest BCUT2D eigenvalue weighted by Crippen LogP contribution is -2.24. The van der Waals surface area contributed by atoms with E-state index in [2.05, 4.69) is 31.2 Å². The van der Waals surface area contributed by atoms with Gasteiger partial charge in [0.05, 0.1) is 13.2 Å². The van der Waals surface area contributed by atoms with Gasteiger partial charge in [0.2, 0.25) is 5.91 Å². The van der Waals surface area contributed by atoms with Crippen LogP contribution in [0.15, 0.2) is 42.5 Å². The average molecular weight is 365 g/mol. The number of anilines is 1. The molecule has 2 aliphatic rings. The quantitative estimate of drug-likeness (QED) is 0.761. The van der Waals surface area contributed by atoms with Crippen molar-refractivity contribution in [3.8, 4) is 11.5 Å². The lowest BCUT2D eigenvalue weighted by molar-refractivity contribution is -0.117. The van der Waals surface area contributed by atoms with Gasteiger partial charge in [0, 0.05) is 24.6 Å². The first-order valence-corrected chi connectivity index (χ1v) is 9.85. The minimum absolute atomic E-state index is 0.177. The molecule has 1 atom stereocenters. The molecule has 1 aliphatic carbocycles. The zero-order valence-corrected chi connectivity index (χ0v) is 16.1. The van der Waals surface area contributed by atoms with E-state index in [4.69, 9.17) is 9.47 Å². The molecule has 1 saturated carbocycles. The van der Waals surface area contributed by atoms with E-state index in [9.17, 15) is 4.79 Å². The van der Waals surface area contributed by atoms with Gasteiger partial charge < -0.3 is 14.4 Å². The number of aryl methyl sites for hydroxylation is 1. The molecule has 0 N–H and O–H groups in total. The summed E-state index contributed by atoms with van der Waals surface area (Å²) in [7, 11) is 1.68. The maximum Gasteiger partial charge on any atom is 0.227 e. The zero-order valence-electron chi connectivity index (χ0n) is 16.1. The Morgan fingerprint density at radius 1 is 1.00 bits per heavy atom. The van der Waals surface area contributed by atoms with Gasteiger partial charge in [-0.1, -0.05) is 23.8 Å². The molecule has 1 saturated heterocycles. The van der Waals surface area contributed by atoms with Gasteiger partial charge in [0.25, 0.3) is 0 Å². The van der Waals surface area contributed by atoms with Crippen LogP contribution in [0.1, 0.15) is 49.1 Å². The van der Waals surface area contributed by atoms with Crippen molar-refractivity contribution in [3.05, 3.63) is 53.6 Å². The number of nitrogens with zero attached hydrogens (tertiary/aromatic N) is 1. The van der Waals surface area contributed by atoms with Crippen LogP contribution in [0.2, 0.25) is 0 Å². The van der Waals surface area contributed by atoms with Crippen LogP contribution in [0.4, 0.5) is 5.69 Å². The summed E-state index contributed by atoms with van der Waals surface area (Å²) in [6.45, 7) is 2.76. The molecule has 0 radical (unpaired) electrons. The second kappa shape index (κ2) is 7.63. The SMILES string of the molecule is COc1ccc([C@@H]2CC(=O)N(c3ccc(C)cc3)C2)cc1OC1CCCC1. The number of benzene rings is 2. The highest BCUT2D eigenvalue weighted by Crippen LogP contribution is 2.38. The minimum atomic E-state index is 0.177. The van der Waals surface area contributed by atoms with Crippen molar-refractivity contribution in [1.82, 2.24) is 0 Å². The van der Waals surface area contributed by atoms with E-state index in [-0.39, 0.29) is 17.9 Å². The molecule has 0 aromatic heterocycles. The number of methoxy groups -OCH3 is 1. The van der Waals surface area contributed by atoms with Gasteiger partial charge in [-0.3, -0.25) is 4.79 Å². The van der Waals surface area contributed by atoms with Gasteiger partial charge in [-0.2, -0.15) is 0 Å². The summed E-state index contributed by atoms with van der Waals surface area (Å²) >= 11 is 0. The molecular weight excluding hydrogens is 338 g/mol. The van der Waals surface area contributed by atoms with E-state index in [1.807, 2.05) is 23.1 Å². The molecule has 2 aromatic rings. The molecular formula is C23H27NO3. The van der Waals surface area contributed by atoms with Crippen LogP contribution in [0, 0.1) is 6.92 Å². The summed E-state index contributed by atoms with van der Waals surface area (Å²) in [6, 6.07) is 14.3. The van der Waals surface area contributed by atoms with Gasteiger partial charge in [0.1, 0.15) is 0 Å². The number of hydrogen-bond donors (Lipinski definition) is 0. The molecule has 142 valence electrons. The van der Waals surface area contributed by atoms with Crippen molar-refractivity contribution in [2.45, 2.75) is 51.0 Å². The molecule has 1 heterocycles. The van der Waals surface area contributed by atoms with Gasteiger partial charge in [0.15, 0.2) is 11.5 Å². The first-order chi connectivity index (χ1) is 13.1. The molecule has 0 spiro atoms. The first kappa shape index (κ1) is 17.9. The van der Waals surface area contributed by atoms with E-state index in [1.54, 1.807) is 7.11 Å². The van der Waals surface area contributed by atoms with Crippen molar-refractivity contribution in [1.29, 1.82) is 0 Å². The normalized spacial score (nSPS) is 20.3. The van der Waals surface area contributed by atoms with Gasteiger partial charge in [-0.15, -0.1) is 0 Å². The lowest BCUT2D eigenvalue weighted by Gasteiger charge is -2.19. The van der Waals surface area contributed by atoms with E-state index < -0.39 is 0 Å². The highest BCUT2D eigenvalue weighted by Gasteiger charge is 2.32. The first-order valence-electron chi connectivity index (χ1n) is 9.85. The molecule has 0 unspecified atom stereocenters. The van der Waals surface area contributed by atoms with Gasteiger partial charge in [-0.05, 0) is 62.4 Å². The Hall–Kier alpha value is -2.49. The fraction of sp³-hybridized carbons (Fsp3) is 0.435. The van der Waals surface area contributed by atoms with E-state index >= 15 is 0 Å². The third-order valence-corrected chi connectivity index (χ3v) is 5.73. The van der Waals surface area contributed by atoms with Crippen LogP contribution in [0.5, 0.6) is 11.5 Å². The van der Waals surface area contributed by atoms with Crippen LogP contribution in [0.25, 0.3) is 0 Å². The second-order valence-corrected chi connectivity index (χ2v) is 7.68. The third kappa shape index (κ3) is 3.80. The molecule has 1 amide bonds. The Morgan fingerprint density at radius 2 is 1.74 bits per heavy atom. The summed E-state index contributed by atoms with van der Waals surface area (Å²) in [5.41, 5.74) is 3.32. The highest BCUT2D eigenvalue weighted by atomic mass is 16.5. The third-order valence-electron chi connectivity index (χ3n) is 5.73. The maximum atomic E-state index is 12.6. The molecule has 0 bridgehead atoms. The number of ether oxygens (including phenoxy) is 2. The molecule has 4 heteroatoms. The molecule has 2 fully saturated rings. The Labute approximate surface area is 161 Å². The van der Waals surface area contributed by atoms with Crippen LogP contribution < -0.4 is 14.4 Å². The van der Waals surface area contributed by atoms with Crippen molar-refractivity contribution in [3.63, 3.8) is 0 Å². The lowest BCUT2D eigenvalue weighted by atomic mass is 9.98. The Balaban J connectivity index is 1.54. The summed E-state index contributed by atoms with van der Waals surface area (Å²) in [5.74, 6) is 1.93. The fourth-order valence-corrected chi connectivity index (χ4v) is 4.13. The van der Waals surface area contributed by atoms with Crippen molar-refractivity contribution < 1.29 is 14.3 Å². The zero-order chi connectivity index (χ0) is 18.8. The van der Waals surface area contributed by atoms with Crippen molar-refractivity contribution >= 4 is 11.6 Å². The summed E-state index contributed by atoms with van der Waals surface area (Å²) in [4.78, 5) is 14.5. The minimum Gasteiger partial charge on any atom is -0.493 e.